The van der Waals surface area contributed by atoms with Crippen LogP contribution in [0.4, 0.5) is 5.82 Å². The van der Waals surface area contributed by atoms with Crippen molar-refractivity contribution >= 4 is 39.3 Å². The number of aryl methyl sites for hydroxylation is 1. The number of aromatic amines is 1. The quantitative estimate of drug-likeness (QED) is 0.881. The van der Waals surface area contributed by atoms with E-state index in [9.17, 15) is 9.59 Å². The standard InChI is InChI=1S/C12H9BrClN3O2/c1-6-4-10(17-12(19)15-6)16-11(18)7-2-3-8(13)9(14)5-7/h2-5H,1H3,(H2,15,16,17,18,19). The largest absolute Gasteiger partial charge is 0.347 e. The van der Waals surface area contributed by atoms with Crippen molar-refractivity contribution in [3.05, 3.63) is 55.5 Å². The highest BCUT2D eigenvalue weighted by Gasteiger charge is 2.09. The van der Waals surface area contributed by atoms with E-state index in [1.807, 2.05) is 0 Å². The summed E-state index contributed by atoms with van der Waals surface area (Å²) in [5, 5.41) is 2.98. The first-order valence-corrected chi connectivity index (χ1v) is 6.47. The molecule has 2 N–H and O–H groups in total. The molecule has 0 aliphatic rings. The Bertz CT molecular complexity index is 700. The third kappa shape index (κ3) is 3.42. The van der Waals surface area contributed by atoms with Crippen LogP contribution in [0.2, 0.25) is 5.02 Å². The molecule has 2 aromatic rings. The molecule has 7 heteroatoms. The van der Waals surface area contributed by atoms with Gasteiger partial charge in [0.1, 0.15) is 5.82 Å². The lowest BCUT2D eigenvalue weighted by Gasteiger charge is -2.05. The molecule has 0 aliphatic heterocycles. The van der Waals surface area contributed by atoms with Gasteiger partial charge in [0.05, 0.1) is 5.02 Å². The van der Waals surface area contributed by atoms with E-state index in [2.05, 4.69) is 31.2 Å². The summed E-state index contributed by atoms with van der Waals surface area (Å²) in [5.74, 6) is -0.183. The number of hydrogen-bond donors (Lipinski definition) is 2. The number of rotatable bonds is 2. The highest BCUT2D eigenvalue weighted by molar-refractivity contribution is 9.10. The molecule has 2 rings (SSSR count). The van der Waals surface area contributed by atoms with Gasteiger partial charge in [0.25, 0.3) is 5.91 Å². The zero-order valence-corrected chi connectivity index (χ0v) is 12.2. The van der Waals surface area contributed by atoms with Crippen molar-refractivity contribution in [1.82, 2.24) is 9.97 Å². The zero-order chi connectivity index (χ0) is 14.0. The third-order valence-corrected chi connectivity index (χ3v) is 3.54. The predicted octanol–water partition coefficient (Wildman–Crippen LogP) is 2.75. The predicted molar refractivity (Wildman–Crippen MR) is 76.7 cm³/mol. The topological polar surface area (TPSA) is 74.8 Å². The lowest BCUT2D eigenvalue weighted by molar-refractivity contribution is 0.102. The first-order valence-electron chi connectivity index (χ1n) is 5.30. The van der Waals surface area contributed by atoms with Crippen LogP contribution in [0.25, 0.3) is 0 Å². The van der Waals surface area contributed by atoms with Crippen molar-refractivity contribution in [3.8, 4) is 0 Å². The van der Waals surface area contributed by atoms with Crippen molar-refractivity contribution < 1.29 is 4.79 Å². The van der Waals surface area contributed by atoms with Crippen LogP contribution in [-0.4, -0.2) is 15.9 Å². The molecule has 0 unspecified atom stereocenters. The van der Waals surface area contributed by atoms with Crippen molar-refractivity contribution in [2.75, 3.05) is 5.32 Å². The summed E-state index contributed by atoms with van der Waals surface area (Å²) in [6, 6.07) is 6.39. The molecule has 5 nitrogen and oxygen atoms in total. The molecule has 1 amide bonds. The number of hydrogen-bond acceptors (Lipinski definition) is 3. The maximum atomic E-state index is 12.0. The van der Waals surface area contributed by atoms with Gasteiger partial charge in [-0.05, 0) is 41.1 Å². The van der Waals surface area contributed by atoms with Gasteiger partial charge in [-0.25, -0.2) is 4.79 Å². The van der Waals surface area contributed by atoms with E-state index >= 15 is 0 Å². The number of carbonyl (C=O) groups excluding carboxylic acids is 1. The van der Waals surface area contributed by atoms with Crippen LogP contribution in [0.15, 0.2) is 33.5 Å². The SMILES string of the molecule is Cc1cc(NC(=O)c2ccc(Br)c(Cl)c2)nc(=O)[nH]1. The van der Waals surface area contributed by atoms with Crippen LogP contribution in [0.5, 0.6) is 0 Å². The number of nitrogens with zero attached hydrogens (tertiary/aromatic N) is 1. The molecule has 1 aromatic carbocycles. The van der Waals surface area contributed by atoms with Gasteiger partial charge in [-0.15, -0.1) is 0 Å². The Morgan fingerprint density at radius 3 is 2.79 bits per heavy atom. The lowest BCUT2D eigenvalue weighted by Crippen LogP contribution is -2.18. The van der Waals surface area contributed by atoms with E-state index in [4.69, 9.17) is 11.6 Å². The van der Waals surface area contributed by atoms with Crippen molar-refractivity contribution in [1.29, 1.82) is 0 Å². The van der Waals surface area contributed by atoms with Gasteiger partial charge in [0, 0.05) is 21.8 Å². The fourth-order valence-corrected chi connectivity index (χ4v) is 1.90. The fourth-order valence-electron chi connectivity index (χ4n) is 1.47. The van der Waals surface area contributed by atoms with Crippen molar-refractivity contribution in [2.24, 2.45) is 0 Å². The highest BCUT2D eigenvalue weighted by Crippen LogP contribution is 2.23. The van der Waals surface area contributed by atoms with Gasteiger partial charge in [-0.3, -0.25) is 4.79 Å². The minimum atomic E-state index is -0.510. The molecular weight excluding hydrogens is 334 g/mol. The number of H-pyrrole nitrogens is 1. The van der Waals surface area contributed by atoms with Crippen molar-refractivity contribution in [3.63, 3.8) is 0 Å². The van der Waals surface area contributed by atoms with Gasteiger partial charge in [-0.2, -0.15) is 4.98 Å². The van der Waals surface area contributed by atoms with Crippen LogP contribution in [-0.2, 0) is 0 Å². The Kier molecular flexibility index (Phi) is 4.01. The summed E-state index contributed by atoms with van der Waals surface area (Å²) in [6.07, 6.45) is 0. The summed E-state index contributed by atoms with van der Waals surface area (Å²) >= 11 is 9.16. The minimum absolute atomic E-state index is 0.199. The number of aromatic nitrogens is 2. The Labute approximate surface area is 122 Å². The molecule has 0 aliphatic carbocycles. The molecule has 0 fully saturated rings. The minimum Gasteiger partial charge on any atom is -0.310 e. The smallest absolute Gasteiger partial charge is 0.310 e. The Morgan fingerprint density at radius 1 is 1.42 bits per heavy atom. The van der Waals surface area contributed by atoms with Gasteiger partial charge in [0.15, 0.2) is 0 Å². The third-order valence-electron chi connectivity index (χ3n) is 2.30. The van der Waals surface area contributed by atoms with E-state index in [1.165, 1.54) is 6.07 Å². The first kappa shape index (κ1) is 13.8. The van der Waals surface area contributed by atoms with E-state index in [-0.39, 0.29) is 11.7 Å². The average Bonchev–Trinajstić information content (AvgIpc) is 2.31. The van der Waals surface area contributed by atoms with Crippen LogP contribution in [0.1, 0.15) is 16.1 Å². The van der Waals surface area contributed by atoms with Gasteiger partial charge in [-0.1, -0.05) is 11.6 Å². The van der Waals surface area contributed by atoms with Crippen molar-refractivity contribution in [2.45, 2.75) is 6.92 Å². The maximum Gasteiger partial charge on any atom is 0.347 e. The molecule has 0 saturated heterocycles. The molecule has 0 atom stereocenters. The van der Waals surface area contributed by atoms with Gasteiger partial charge < -0.3 is 10.3 Å². The highest BCUT2D eigenvalue weighted by atomic mass is 79.9. The summed E-state index contributed by atoms with van der Waals surface area (Å²) < 4.78 is 0.704. The van der Waals surface area contributed by atoms with E-state index in [0.29, 0.717) is 20.8 Å². The van der Waals surface area contributed by atoms with Crippen LogP contribution >= 0.6 is 27.5 Å². The second-order valence-electron chi connectivity index (χ2n) is 3.84. The number of amides is 1. The number of halogens is 2. The molecule has 0 saturated carbocycles. The Hall–Kier alpha value is -1.66. The van der Waals surface area contributed by atoms with Gasteiger partial charge in [0.2, 0.25) is 0 Å². The number of benzene rings is 1. The Morgan fingerprint density at radius 2 is 2.16 bits per heavy atom. The molecule has 98 valence electrons. The first-order chi connectivity index (χ1) is 8.95. The monoisotopic (exact) mass is 341 g/mol. The summed E-state index contributed by atoms with van der Waals surface area (Å²) in [6.45, 7) is 1.70. The molecule has 0 radical (unpaired) electrons. The normalized spacial score (nSPS) is 10.3. The number of nitrogens with one attached hydrogen (secondary N) is 2. The number of carbonyl (C=O) groups is 1. The fraction of sp³-hybridized carbons (Fsp3) is 0.0833. The second kappa shape index (κ2) is 5.54. The Balaban J connectivity index is 2.25. The molecule has 0 spiro atoms. The van der Waals surface area contributed by atoms with Crippen LogP contribution in [0, 0.1) is 6.92 Å². The molecule has 1 aromatic heterocycles. The lowest BCUT2D eigenvalue weighted by atomic mass is 10.2. The number of anilines is 1. The maximum absolute atomic E-state index is 12.0. The molecule has 19 heavy (non-hydrogen) atoms. The van der Waals surface area contributed by atoms with E-state index in [1.54, 1.807) is 25.1 Å². The molecular formula is C12H9BrClN3O2. The summed E-state index contributed by atoms with van der Waals surface area (Å²) in [7, 11) is 0. The summed E-state index contributed by atoms with van der Waals surface area (Å²) in [4.78, 5) is 29.3. The molecule has 0 bridgehead atoms. The van der Waals surface area contributed by atoms with E-state index < -0.39 is 5.69 Å². The van der Waals surface area contributed by atoms with E-state index in [0.717, 1.165) is 0 Å². The second-order valence-corrected chi connectivity index (χ2v) is 5.10. The molecule has 1 heterocycles. The zero-order valence-electron chi connectivity index (χ0n) is 9.83. The van der Waals surface area contributed by atoms with Crippen LogP contribution in [0.3, 0.4) is 0 Å². The van der Waals surface area contributed by atoms with Gasteiger partial charge >= 0.3 is 5.69 Å². The summed E-state index contributed by atoms with van der Waals surface area (Å²) in [5.41, 5.74) is 0.487. The average molecular weight is 343 g/mol. The van der Waals surface area contributed by atoms with Crippen LogP contribution < -0.4 is 11.0 Å².